The number of carbonyl (C=O) groups excluding carboxylic acids is 3. The maximum atomic E-state index is 13.7. The molecule has 2 saturated heterocycles. The molecule has 154 valence electrons. The number of piperazine rings is 1. The number of aliphatic hydroxyl groups is 1. The minimum absolute atomic E-state index is 0.0409. The van der Waals surface area contributed by atoms with E-state index in [-0.39, 0.29) is 30.3 Å². The molecule has 2 unspecified atom stereocenters. The Morgan fingerprint density at radius 1 is 1.34 bits per heavy atom. The van der Waals surface area contributed by atoms with Gasteiger partial charge in [-0.1, -0.05) is 6.07 Å². The van der Waals surface area contributed by atoms with Crippen molar-refractivity contribution in [2.45, 2.75) is 37.9 Å². The van der Waals surface area contributed by atoms with Gasteiger partial charge in [0.2, 0.25) is 5.78 Å². The monoisotopic (exact) mass is 407 g/mol. The SMILES string of the molecule is C[C@@H]1CO[C@H]2CN3C=C(C(=O)NCc4ccc(F)cc4F)C(=O)C(O)C3C(=O)N12. The smallest absolute Gasteiger partial charge is 0.256 e. The largest absolute Gasteiger partial charge is 0.382 e. The number of ether oxygens (including phenoxy) is 1. The van der Waals surface area contributed by atoms with Crippen molar-refractivity contribution in [2.24, 2.45) is 0 Å². The summed E-state index contributed by atoms with van der Waals surface area (Å²) in [6, 6.07) is 1.64. The second-order valence-electron chi connectivity index (χ2n) is 7.29. The van der Waals surface area contributed by atoms with Crippen molar-refractivity contribution in [3.8, 4) is 0 Å². The van der Waals surface area contributed by atoms with Crippen LogP contribution >= 0.6 is 0 Å². The summed E-state index contributed by atoms with van der Waals surface area (Å²) in [6.45, 7) is 2.09. The highest BCUT2D eigenvalue weighted by molar-refractivity contribution is 6.22. The molecular formula is C19H19F2N3O5. The highest BCUT2D eigenvalue weighted by Gasteiger charge is 2.52. The van der Waals surface area contributed by atoms with E-state index in [1.165, 1.54) is 22.1 Å². The van der Waals surface area contributed by atoms with Crippen molar-refractivity contribution in [1.82, 2.24) is 15.1 Å². The van der Waals surface area contributed by atoms with Crippen LogP contribution in [0.5, 0.6) is 0 Å². The molecule has 2 amide bonds. The summed E-state index contributed by atoms with van der Waals surface area (Å²) in [6.07, 6.45) is -0.995. The summed E-state index contributed by atoms with van der Waals surface area (Å²) < 4.78 is 32.3. The molecule has 0 aliphatic carbocycles. The molecule has 4 rings (SSSR count). The van der Waals surface area contributed by atoms with Crippen molar-refractivity contribution in [3.63, 3.8) is 0 Å². The minimum Gasteiger partial charge on any atom is -0.382 e. The van der Waals surface area contributed by atoms with Gasteiger partial charge in [0.1, 0.15) is 35.6 Å². The fraction of sp³-hybridized carbons (Fsp3) is 0.421. The first-order chi connectivity index (χ1) is 13.8. The standard InChI is InChI=1S/C19H19F2N3O5/c1-9-8-29-14-7-23-6-12(16(25)17(26)15(23)19(28)24(9)14)18(27)22-5-10-2-3-11(20)4-13(10)21/h2-4,6,9,14-15,17,26H,5,7-8H2,1H3,(H,22,27)/t9-,14+,15?,17?/m1/s1. The van der Waals surface area contributed by atoms with Crippen LogP contribution in [-0.2, 0) is 25.7 Å². The number of hydrogen-bond acceptors (Lipinski definition) is 6. The lowest BCUT2D eigenvalue weighted by Crippen LogP contribution is -2.66. The van der Waals surface area contributed by atoms with Crippen LogP contribution in [0.3, 0.4) is 0 Å². The average molecular weight is 407 g/mol. The van der Waals surface area contributed by atoms with Crippen LogP contribution in [0.2, 0.25) is 0 Å². The van der Waals surface area contributed by atoms with Gasteiger partial charge in [-0.15, -0.1) is 0 Å². The predicted molar refractivity (Wildman–Crippen MR) is 93.8 cm³/mol. The Hall–Kier alpha value is -2.85. The number of fused-ring (bicyclic) bond motifs is 2. The normalized spacial score (nSPS) is 28.8. The van der Waals surface area contributed by atoms with Crippen LogP contribution in [0.15, 0.2) is 30.0 Å². The molecule has 3 aliphatic rings. The molecule has 0 radical (unpaired) electrons. The van der Waals surface area contributed by atoms with Gasteiger partial charge in [-0.2, -0.15) is 0 Å². The number of Topliss-reactive ketones (excluding diaryl/α,β-unsaturated/α-hetero) is 1. The summed E-state index contributed by atoms with van der Waals surface area (Å²) in [4.78, 5) is 40.7. The lowest BCUT2D eigenvalue weighted by atomic mass is 9.92. The molecule has 0 spiro atoms. The summed E-state index contributed by atoms with van der Waals surface area (Å²) in [5.41, 5.74) is -0.303. The molecule has 0 bridgehead atoms. The molecule has 0 saturated carbocycles. The minimum atomic E-state index is -1.70. The molecular weight excluding hydrogens is 388 g/mol. The van der Waals surface area contributed by atoms with E-state index >= 15 is 0 Å². The Bertz CT molecular complexity index is 921. The van der Waals surface area contributed by atoms with Crippen molar-refractivity contribution in [3.05, 3.63) is 47.2 Å². The topological polar surface area (TPSA) is 99.2 Å². The van der Waals surface area contributed by atoms with Crippen LogP contribution in [0.1, 0.15) is 12.5 Å². The number of aliphatic hydroxyl groups excluding tert-OH is 1. The number of nitrogens with one attached hydrogen (secondary N) is 1. The third-order valence-electron chi connectivity index (χ3n) is 5.37. The Kier molecular flexibility index (Phi) is 4.83. The Morgan fingerprint density at radius 3 is 2.83 bits per heavy atom. The van der Waals surface area contributed by atoms with E-state index in [2.05, 4.69) is 5.32 Å². The zero-order chi connectivity index (χ0) is 20.9. The number of nitrogens with zero attached hydrogens (tertiary/aromatic N) is 2. The molecule has 2 N–H and O–H groups in total. The Balaban J connectivity index is 1.53. The summed E-state index contributed by atoms with van der Waals surface area (Å²) >= 11 is 0. The fourth-order valence-corrected chi connectivity index (χ4v) is 3.87. The number of rotatable bonds is 3. The third kappa shape index (κ3) is 3.28. The van der Waals surface area contributed by atoms with Crippen LogP contribution in [0, 0.1) is 11.6 Å². The van der Waals surface area contributed by atoms with E-state index in [0.717, 1.165) is 6.07 Å². The van der Waals surface area contributed by atoms with Crippen molar-refractivity contribution in [1.29, 1.82) is 0 Å². The van der Waals surface area contributed by atoms with Gasteiger partial charge in [-0.25, -0.2) is 8.78 Å². The van der Waals surface area contributed by atoms with Gasteiger partial charge in [0.15, 0.2) is 0 Å². The fourth-order valence-electron chi connectivity index (χ4n) is 3.87. The molecule has 29 heavy (non-hydrogen) atoms. The van der Waals surface area contributed by atoms with Gasteiger partial charge in [0.05, 0.1) is 19.2 Å². The van der Waals surface area contributed by atoms with E-state index in [4.69, 9.17) is 4.74 Å². The third-order valence-corrected chi connectivity index (χ3v) is 5.37. The van der Waals surface area contributed by atoms with Gasteiger partial charge >= 0.3 is 0 Å². The molecule has 10 heteroatoms. The highest BCUT2D eigenvalue weighted by atomic mass is 19.1. The summed E-state index contributed by atoms with van der Waals surface area (Å²) in [7, 11) is 0. The van der Waals surface area contributed by atoms with E-state index in [1.807, 2.05) is 6.92 Å². The first-order valence-electron chi connectivity index (χ1n) is 9.13. The number of ketones is 1. The van der Waals surface area contributed by atoms with Gasteiger partial charge in [0.25, 0.3) is 11.8 Å². The maximum Gasteiger partial charge on any atom is 0.256 e. The van der Waals surface area contributed by atoms with Crippen LogP contribution in [-0.4, -0.2) is 70.1 Å². The van der Waals surface area contributed by atoms with Gasteiger partial charge in [-0.05, 0) is 13.0 Å². The quantitative estimate of drug-likeness (QED) is 0.666. The van der Waals surface area contributed by atoms with E-state index in [1.54, 1.807) is 0 Å². The number of carbonyl (C=O) groups is 3. The van der Waals surface area contributed by atoms with Crippen LogP contribution in [0.4, 0.5) is 8.78 Å². The Labute approximate surface area is 164 Å². The first kappa shape index (κ1) is 19.5. The molecule has 4 atom stereocenters. The van der Waals surface area contributed by atoms with E-state index < -0.39 is 47.6 Å². The number of halogens is 2. The van der Waals surface area contributed by atoms with Crippen LogP contribution in [0.25, 0.3) is 0 Å². The number of amides is 2. The van der Waals surface area contributed by atoms with Gasteiger partial charge in [0, 0.05) is 24.4 Å². The molecule has 1 aromatic rings. The molecule has 0 aromatic heterocycles. The highest BCUT2D eigenvalue weighted by Crippen LogP contribution is 2.31. The molecule has 1 aromatic carbocycles. The second-order valence-corrected chi connectivity index (χ2v) is 7.29. The van der Waals surface area contributed by atoms with Crippen LogP contribution < -0.4 is 5.32 Å². The number of benzene rings is 1. The number of hydrogen-bond donors (Lipinski definition) is 2. The Morgan fingerprint density at radius 2 is 2.10 bits per heavy atom. The average Bonchev–Trinajstić information content (AvgIpc) is 3.04. The molecule has 8 nitrogen and oxygen atoms in total. The lowest BCUT2D eigenvalue weighted by Gasteiger charge is -2.45. The zero-order valence-electron chi connectivity index (χ0n) is 15.5. The second kappa shape index (κ2) is 7.20. The van der Waals surface area contributed by atoms with E-state index in [0.29, 0.717) is 12.7 Å². The van der Waals surface area contributed by atoms with Crippen molar-refractivity contribution < 1.29 is 33.0 Å². The maximum absolute atomic E-state index is 13.7. The molecule has 2 fully saturated rings. The summed E-state index contributed by atoms with van der Waals surface area (Å²) in [5.74, 6) is -3.72. The zero-order valence-corrected chi connectivity index (χ0v) is 15.5. The van der Waals surface area contributed by atoms with Gasteiger partial charge < -0.3 is 25.0 Å². The lowest BCUT2D eigenvalue weighted by molar-refractivity contribution is -0.161. The molecule has 3 heterocycles. The van der Waals surface area contributed by atoms with E-state index in [9.17, 15) is 28.3 Å². The first-order valence-corrected chi connectivity index (χ1v) is 9.13. The van der Waals surface area contributed by atoms with Crippen molar-refractivity contribution in [2.75, 3.05) is 13.2 Å². The molecule has 3 aliphatic heterocycles. The van der Waals surface area contributed by atoms with Gasteiger partial charge in [-0.3, -0.25) is 14.4 Å². The van der Waals surface area contributed by atoms with Crippen molar-refractivity contribution >= 4 is 17.6 Å². The predicted octanol–water partition coefficient (Wildman–Crippen LogP) is -0.334. The summed E-state index contributed by atoms with van der Waals surface area (Å²) in [5, 5.41) is 12.8.